The molecule has 0 bridgehead atoms. The van der Waals surface area contributed by atoms with Gasteiger partial charge in [0.25, 0.3) is 0 Å². The van der Waals surface area contributed by atoms with Gasteiger partial charge in [0.2, 0.25) is 5.91 Å². The molecule has 1 amide bonds. The van der Waals surface area contributed by atoms with Gasteiger partial charge in [-0.1, -0.05) is 13.3 Å². The van der Waals surface area contributed by atoms with Gasteiger partial charge in [-0.25, -0.2) is 0 Å². The van der Waals surface area contributed by atoms with Crippen molar-refractivity contribution in [3.05, 3.63) is 0 Å². The van der Waals surface area contributed by atoms with E-state index < -0.39 is 11.4 Å². The van der Waals surface area contributed by atoms with Gasteiger partial charge in [0.15, 0.2) is 0 Å². The maximum absolute atomic E-state index is 11.7. The Kier molecular flexibility index (Phi) is 3.13. The van der Waals surface area contributed by atoms with Crippen molar-refractivity contribution in [1.82, 2.24) is 5.32 Å². The Morgan fingerprint density at radius 3 is 2.36 bits per heavy atom. The number of nitrogens with one attached hydrogen (secondary N) is 1. The van der Waals surface area contributed by atoms with E-state index >= 15 is 0 Å². The standard InChI is InChI=1S/C10H17NO3/c1-3-7(2)11-8(12)10(9(13)14)5-4-6-10/h7H,3-6H2,1-2H3,(H,11,12)(H,13,14). The first-order chi connectivity index (χ1) is 6.53. The maximum Gasteiger partial charge on any atom is 0.319 e. The summed E-state index contributed by atoms with van der Waals surface area (Å²) in [5.41, 5.74) is -1.12. The third kappa shape index (κ3) is 1.74. The summed E-state index contributed by atoms with van der Waals surface area (Å²) in [6.45, 7) is 3.84. The first-order valence-corrected chi connectivity index (χ1v) is 5.07. The Hall–Kier alpha value is -1.06. The van der Waals surface area contributed by atoms with Gasteiger partial charge in [-0.3, -0.25) is 9.59 Å². The Labute approximate surface area is 83.7 Å². The Morgan fingerprint density at radius 2 is 2.07 bits per heavy atom. The Morgan fingerprint density at radius 1 is 1.50 bits per heavy atom. The lowest BCUT2D eigenvalue weighted by Crippen LogP contribution is -2.52. The van der Waals surface area contributed by atoms with Gasteiger partial charge in [-0.15, -0.1) is 0 Å². The number of carbonyl (C=O) groups excluding carboxylic acids is 1. The van der Waals surface area contributed by atoms with Crippen molar-refractivity contribution in [3.63, 3.8) is 0 Å². The van der Waals surface area contributed by atoms with Crippen LogP contribution >= 0.6 is 0 Å². The number of hydrogen-bond acceptors (Lipinski definition) is 2. The zero-order valence-electron chi connectivity index (χ0n) is 8.67. The Bertz CT molecular complexity index is 246. The highest BCUT2D eigenvalue weighted by atomic mass is 16.4. The third-order valence-electron chi connectivity index (χ3n) is 3.04. The Balaban J connectivity index is 2.62. The predicted molar refractivity (Wildman–Crippen MR) is 51.8 cm³/mol. The minimum absolute atomic E-state index is 0.0549. The number of hydrogen-bond donors (Lipinski definition) is 2. The number of amides is 1. The van der Waals surface area contributed by atoms with Crippen LogP contribution in [0.4, 0.5) is 0 Å². The van der Waals surface area contributed by atoms with Gasteiger partial charge in [-0.05, 0) is 26.2 Å². The molecule has 0 heterocycles. The van der Waals surface area contributed by atoms with E-state index in [2.05, 4.69) is 5.32 Å². The van der Waals surface area contributed by atoms with Crippen molar-refractivity contribution in [2.75, 3.05) is 0 Å². The van der Waals surface area contributed by atoms with Crippen molar-refractivity contribution in [1.29, 1.82) is 0 Å². The highest BCUT2D eigenvalue weighted by Gasteiger charge is 2.51. The quantitative estimate of drug-likeness (QED) is 0.667. The van der Waals surface area contributed by atoms with Crippen molar-refractivity contribution < 1.29 is 14.7 Å². The van der Waals surface area contributed by atoms with Crippen LogP contribution in [-0.2, 0) is 9.59 Å². The van der Waals surface area contributed by atoms with Crippen LogP contribution in [0.2, 0.25) is 0 Å². The van der Waals surface area contributed by atoms with E-state index in [0.717, 1.165) is 12.8 Å². The minimum Gasteiger partial charge on any atom is -0.480 e. The van der Waals surface area contributed by atoms with E-state index in [1.807, 2.05) is 13.8 Å². The normalized spacial score (nSPS) is 20.7. The van der Waals surface area contributed by atoms with E-state index in [1.165, 1.54) is 0 Å². The van der Waals surface area contributed by atoms with Crippen LogP contribution in [0.15, 0.2) is 0 Å². The molecule has 4 heteroatoms. The molecule has 0 aromatic heterocycles. The van der Waals surface area contributed by atoms with Crippen LogP contribution < -0.4 is 5.32 Å². The molecule has 0 aromatic carbocycles. The zero-order chi connectivity index (χ0) is 10.8. The lowest BCUT2D eigenvalue weighted by Gasteiger charge is -2.36. The van der Waals surface area contributed by atoms with Crippen molar-refractivity contribution >= 4 is 11.9 Å². The van der Waals surface area contributed by atoms with Gasteiger partial charge in [0.1, 0.15) is 5.41 Å². The first-order valence-electron chi connectivity index (χ1n) is 5.07. The second-order valence-electron chi connectivity index (χ2n) is 4.02. The average molecular weight is 199 g/mol. The topological polar surface area (TPSA) is 66.4 Å². The summed E-state index contributed by atoms with van der Waals surface area (Å²) in [6.07, 6.45) is 2.61. The van der Waals surface area contributed by atoms with Crippen LogP contribution in [0, 0.1) is 5.41 Å². The molecule has 1 saturated carbocycles. The van der Waals surface area contributed by atoms with Gasteiger partial charge in [0, 0.05) is 6.04 Å². The molecule has 80 valence electrons. The summed E-state index contributed by atoms with van der Waals surface area (Å²) < 4.78 is 0. The highest BCUT2D eigenvalue weighted by Crippen LogP contribution is 2.41. The van der Waals surface area contributed by atoms with E-state index in [4.69, 9.17) is 5.11 Å². The van der Waals surface area contributed by atoms with Crippen LogP contribution in [0.25, 0.3) is 0 Å². The molecule has 2 N–H and O–H groups in total. The van der Waals surface area contributed by atoms with Crippen LogP contribution in [0.1, 0.15) is 39.5 Å². The van der Waals surface area contributed by atoms with Gasteiger partial charge >= 0.3 is 5.97 Å². The smallest absolute Gasteiger partial charge is 0.319 e. The predicted octanol–water partition coefficient (Wildman–Crippen LogP) is 1.16. The van der Waals surface area contributed by atoms with Crippen molar-refractivity contribution in [3.8, 4) is 0 Å². The summed E-state index contributed by atoms with van der Waals surface area (Å²) >= 11 is 0. The van der Waals surface area contributed by atoms with Crippen LogP contribution in [-0.4, -0.2) is 23.0 Å². The molecule has 1 rings (SSSR count). The minimum atomic E-state index is -1.12. The SMILES string of the molecule is CCC(C)NC(=O)C1(C(=O)O)CCC1. The van der Waals surface area contributed by atoms with E-state index in [1.54, 1.807) is 0 Å². The lowest BCUT2D eigenvalue weighted by molar-refractivity contribution is -0.162. The van der Waals surface area contributed by atoms with E-state index in [-0.39, 0.29) is 11.9 Å². The number of carbonyl (C=O) groups is 2. The summed E-state index contributed by atoms with van der Waals surface area (Å²) in [5, 5.41) is 11.7. The van der Waals surface area contributed by atoms with Gasteiger partial charge in [0.05, 0.1) is 0 Å². The highest BCUT2D eigenvalue weighted by molar-refractivity contribution is 6.02. The molecule has 1 fully saturated rings. The summed E-state index contributed by atoms with van der Waals surface area (Å²) in [7, 11) is 0. The number of rotatable bonds is 4. The zero-order valence-corrected chi connectivity index (χ0v) is 8.67. The molecule has 0 saturated heterocycles. The lowest BCUT2D eigenvalue weighted by atomic mass is 9.68. The molecule has 0 radical (unpaired) electrons. The fourth-order valence-corrected chi connectivity index (χ4v) is 1.53. The first kappa shape index (κ1) is 11.0. The van der Waals surface area contributed by atoms with Crippen molar-refractivity contribution in [2.24, 2.45) is 5.41 Å². The average Bonchev–Trinajstić information content (AvgIpc) is 2.00. The second kappa shape index (κ2) is 3.98. The van der Waals surface area contributed by atoms with Crippen LogP contribution in [0.3, 0.4) is 0 Å². The number of carboxylic acid groups (broad SMARTS) is 1. The number of carboxylic acids is 1. The number of aliphatic carboxylic acids is 1. The van der Waals surface area contributed by atoms with Crippen molar-refractivity contribution in [2.45, 2.75) is 45.6 Å². The van der Waals surface area contributed by atoms with Gasteiger partial charge in [-0.2, -0.15) is 0 Å². The monoisotopic (exact) mass is 199 g/mol. The molecule has 1 aliphatic rings. The molecule has 0 spiro atoms. The summed E-state index contributed by atoms with van der Waals surface area (Å²) in [5.74, 6) is -1.30. The molecule has 1 aliphatic carbocycles. The van der Waals surface area contributed by atoms with Gasteiger partial charge < -0.3 is 10.4 Å². The molecule has 1 atom stereocenters. The molecule has 0 aromatic rings. The van der Waals surface area contributed by atoms with E-state index in [9.17, 15) is 9.59 Å². The largest absolute Gasteiger partial charge is 0.480 e. The molecular weight excluding hydrogens is 182 g/mol. The summed E-state index contributed by atoms with van der Waals surface area (Å²) in [6, 6.07) is 0.0549. The third-order valence-corrected chi connectivity index (χ3v) is 3.04. The van der Waals surface area contributed by atoms with Crippen LogP contribution in [0.5, 0.6) is 0 Å². The maximum atomic E-state index is 11.7. The second-order valence-corrected chi connectivity index (χ2v) is 4.02. The molecule has 0 aliphatic heterocycles. The van der Waals surface area contributed by atoms with E-state index in [0.29, 0.717) is 12.8 Å². The molecule has 4 nitrogen and oxygen atoms in total. The summed E-state index contributed by atoms with van der Waals surface area (Å²) in [4.78, 5) is 22.6. The molecular formula is C10H17NO3. The molecule has 1 unspecified atom stereocenters. The fourth-order valence-electron chi connectivity index (χ4n) is 1.53. The fraction of sp³-hybridized carbons (Fsp3) is 0.800. The molecule has 14 heavy (non-hydrogen) atoms.